The highest BCUT2D eigenvalue weighted by Crippen LogP contribution is 2.15. The quantitative estimate of drug-likeness (QED) is 0.0311. The van der Waals surface area contributed by atoms with Gasteiger partial charge in [-0.15, -0.1) is 0 Å². The average Bonchev–Trinajstić information content (AvgIpc) is 3.23. The van der Waals surface area contributed by atoms with E-state index in [1.54, 1.807) is 0 Å². The van der Waals surface area contributed by atoms with Gasteiger partial charge in [-0.25, -0.2) is 0 Å². The molecule has 6 heteroatoms. The summed E-state index contributed by atoms with van der Waals surface area (Å²) in [6.45, 7) is 3.97. The first-order chi connectivity index (χ1) is 28.5. The third-order valence-corrected chi connectivity index (χ3v) is 11.1. The van der Waals surface area contributed by atoms with Crippen molar-refractivity contribution in [1.29, 1.82) is 0 Å². The van der Waals surface area contributed by atoms with E-state index < -0.39 is 36.9 Å². The van der Waals surface area contributed by atoms with Crippen LogP contribution in [0.3, 0.4) is 0 Å². The summed E-state index contributed by atoms with van der Waals surface area (Å²) < 4.78 is 0. The molecule has 0 aromatic rings. The molecule has 0 rings (SSSR count). The molecular formula is C52H95NO5. The zero-order chi connectivity index (χ0) is 42.4. The second-order valence-electron chi connectivity index (χ2n) is 16.8. The molecule has 0 aromatic carbocycles. The predicted molar refractivity (Wildman–Crippen MR) is 251 cm³/mol. The van der Waals surface area contributed by atoms with Gasteiger partial charge in [-0.05, 0) is 89.9 Å². The second-order valence-corrected chi connectivity index (χ2v) is 16.8. The molecular weight excluding hydrogens is 719 g/mol. The van der Waals surface area contributed by atoms with Gasteiger partial charge in [0.25, 0.3) is 0 Å². The van der Waals surface area contributed by atoms with Gasteiger partial charge >= 0.3 is 0 Å². The van der Waals surface area contributed by atoms with Gasteiger partial charge in [0.05, 0.1) is 18.8 Å². The molecule has 0 radical (unpaired) electrons. The number of rotatable bonds is 44. The number of hydrogen-bond acceptors (Lipinski definition) is 5. The third kappa shape index (κ3) is 39.5. The molecule has 0 saturated heterocycles. The molecule has 4 unspecified atom stereocenters. The Labute approximate surface area is 359 Å². The lowest BCUT2D eigenvalue weighted by Gasteiger charge is -2.27. The Morgan fingerprint density at radius 3 is 1.26 bits per heavy atom. The van der Waals surface area contributed by atoms with Crippen molar-refractivity contribution < 1.29 is 25.2 Å². The second kappa shape index (κ2) is 46.1. The Morgan fingerprint density at radius 2 is 0.810 bits per heavy atom. The molecule has 5 N–H and O–H groups in total. The molecule has 338 valence electrons. The number of allylic oxidation sites excluding steroid dienone is 10. The van der Waals surface area contributed by atoms with Crippen molar-refractivity contribution in [2.45, 2.75) is 257 Å². The third-order valence-electron chi connectivity index (χ3n) is 11.1. The van der Waals surface area contributed by atoms with Crippen molar-refractivity contribution >= 4 is 5.91 Å². The standard InChI is InChI=1S/C52H95NO5/c1-3-5-7-9-11-13-15-17-19-20-21-22-23-24-25-26-27-28-29-30-31-32-34-36-38-40-42-44-46-50(56)52(58)53-48(47-54)51(57)49(55)45-43-41-39-37-35-33-18-16-14-12-10-8-6-4-2/h8,10,16,18,21-22,24-25,37,39,48-51,54-57H,3-7,9,11-15,17,19-20,23,26-36,38,40-47H2,1-2H3,(H,53,58)/b10-8+,18-16+,22-21-,25-24-,39-37+. The van der Waals surface area contributed by atoms with Crippen LogP contribution >= 0.6 is 0 Å². The number of carbonyl (C=O) groups excluding carboxylic acids is 1. The Bertz CT molecular complexity index is 1000. The van der Waals surface area contributed by atoms with E-state index in [1.807, 2.05) is 0 Å². The summed E-state index contributed by atoms with van der Waals surface area (Å²) in [5, 5.41) is 43.7. The van der Waals surface area contributed by atoms with E-state index in [9.17, 15) is 25.2 Å². The first-order valence-corrected chi connectivity index (χ1v) is 24.7. The molecule has 0 aliphatic heterocycles. The first kappa shape index (κ1) is 56.0. The van der Waals surface area contributed by atoms with Gasteiger partial charge < -0.3 is 25.7 Å². The molecule has 0 aliphatic carbocycles. The Hall–Kier alpha value is -1.99. The maximum atomic E-state index is 12.5. The number of hydrogen-bond donors (Lipinski definition) is 5. The molecule has 0 fully saturated rings. The average molecular weight is 814 g/mol. The van der Waals surface area contributed by atoms with Crippen molar-refractivity contribution in [1.82, 2.24) is 5.32 Å². The molecule has 6 nitrogen and oxygen atoms in total. The van der Waals surface area contributed by atoms with Gasteiger partial charge in [0, 0.05) is 0 Å². The van der Waals surface area contributed by atoms with E-state index in [2.05, 4.69) is 79.9 Å². The molecule has 0 bridgehead atoms. The van der Waals surface area contributed by atoms with Gasteiger partial charge in [0.2, 0.25) is 5.91 Å². The Kier molecular flexibility index (Phi) is 44.5. The fourth-order valence-electron chi connectivity index (χ4n) is 7.24. The highest BCUT2D eigenvalue weighted by Gasteiger charge is 2.28. The van der Waals surface area contributed by atoms with E-state index in [4.69, 9.17) is 0 Å². The SMILES string of the molecule is CCC/C=C/CC/C=C/CC/C=C/CCCC(O)C(O)C(CO)NC(=O)C(O)CCCCCCCCCCCCCC/C=C\C/C=C\CCCCCCCCCCC. The van der Waals surface area contributed by atoms with Gasteiger partial charge in [0.1, 0.15) is 12.2 Å². The van der Waals surface area contributed by atoms with Crippen molar-refractivity contribution in [2.24, 2.45) is 0 Å². The topological polar surface area (TPSA) is 110 Å². The minimum absolute atomic E-state index is 0.355. The van der Waals surface area contributed by atoms with E-state index in [-0.39, 0.29) is 0 Å². The normalized spacial score (nSPS) is 14.5. The van der Waals surface area contributed by atoms with Crippen LogP contribution in [0.2, 0.25) is 0 Å². The molecule has 0 heterocycles. The summed E-state index contributed by atoms with van der Waals surface area (Å²) in [4.78, 5) is 12.5. The van der Waals surface area contributed by atoms with Crippen molar-refractivity contribution in [3.8, 4) is 0 Å². The number of aliphatic hydroxyl groups is 4. The van der Waals surface area contributed by atoms with Crippen LogP contribution < -0.4 is 5.32 Å². The van der Waals surface area contributed by atoms with Crippen LogP contribution in [0.1, 0.15) is 232 Å². The van der Waals surface area contributed by atoms with E-state index in [0.717, 1.165) is 64.2 Å². The number of nitrogens with one attached hydrogen (secondary N) is 1. The Morgan fingerprint density at radius 1 is 0.431 bits per heavy atom. The summed E-state index contributed by atoms with van der Waals surface area (Å²) in [5.41, 5.74) is 0. The Balaban J connectivity index is 3.70. The van der Waals surface area contributed by atoms with E-state index in [1.165, 1.54) is 135 Å². The van der Waals surface area contributed by atoms with Crippen LogP contribution in [0.5, 0.6) is 0 Å². The summed E-state index contributed by atoms with van der Waals surface area (Å²) in [6.07, 6.45) is 58.4. The summed E-state index contributed by atoms with van der Waals surface area (Å²) >= 11 is 0. The molecule has 0 aromatic heterocycles. The van der Waals surface area contributed by atoms with Crippen molar-refractivity contribution in [3.05, 3.63) is 60.8 Å². The zero-order valence-corrected chi connectivity index (χ0v) is 38.0. The monoisotopic (exact) mass is 814 g/mol. The van der Waals surface area contributed by atoms with Crippen LogP contribution in [0.4, 0.5) is 0 Å². The smallest absolute Gasteiger partial charge is 0.249 e. The molecule has 0 spiro atoms. The fraction of sp³-hybridized carbons (Fsp3) is 0.788. The van der Waals surface area contributed by atoms with Crippen LogP contribution in [0, 0.1) is 0 Å². The molecule has 1 amide bonds. The number of amides is 1. The van der Waals surface area contributed by atoms with Gasteiger partial charge in [-0.2, -0.15) is 0 Å². The van der Waals surface area contributed by atoms with Crippen LogP contribution in [0.15, 0.2) is 60.8 Å². The maximum Gasteiger partial charge on any atom is 0.249 e. The zero-order valence-electron chi connectivity index (χ0n) is 38.0. The van der Waals surface area contributed by atoms with Crippen molar-refractivity contribution in [3.63, 3.8) is 0 Å². The number of carbonyl (C=O) groups is 1. The number of unbranched alkanes of at least 4 members (excludes halogenated alkanes) is 25. The summed E-state index contributed by atoms with van der Waals surface area (Å²) in [7, 11) is 0. The highest BCUT2D eigenvalue weighted by atomic mass is 16.3. The lowest BCUT2D eigenvalue weighted by Crippen LogP contribution is -2.53. The maximum absolute atomic E-state index is 12.5. The largest absolute Gasteiger partial charge is 0.394 e. The van der Waals surface area contributed by atoms with Crippen LogP contribution in [-0.4, -0.2) is 57.3 Å². The minimum atomic E-state index is -1.30. The van der Waals surface area contributed by atoms with Gasteiger partial charge in [-0.3, -0.25) is 4.79 Å². The summed E-state index contributed by atoms with van der Waals surface area (Å²) in [5.74, 6) is -0.603. The highest BCUT2D eigenvalue weighted by molar-refractivity contribution is 5.80. The summed E-state index contributed by atoms with van der Waals surface area (Å²) in [6, 6.07) is -1.01. The van der Waals surface area contributed by atoms with Crippen LogP contribution in [0.25, 0.3) is 0 Å². The van der Waals surface area contributed by atoms with E-state index >= 15 is 0 Å². The van der Waals surface area contributed by atoms with Crippen LogP contribution in [-0.2, 0) is 4.79 Å². The molecule has 58 heavy (non-hydrogen) atoms. The number of aliphatic hydroxyl groups excluding tert-OH is 4. The lowest BCUT2D eigenvalue weighted by atomic mass is 10.00. The lowest BCUT2D eigenvalue weighted by molar-refractivity contribution is -0.132. The molecule has 0 aliphatic rings. The van der Waals surface area contributed by atoms with Gasteiger partial charge in [0.15, 0.2) is 0 Å². The van der Waals surface area contributed by atoms with Crippen molar-refractivity contribution in [2.75, 3.05) is 6.61 Å². The minimum Gasteiger partial charge on any atom is -0.394 e. The molecule has 0 saturated carbocycles. The predicted octanol–water partition coefficient (Wildman–Crippen LogP) is 13.6. The van der Waals surface area contributed by atoms with E-state index in [0.29, 0.717) is 19.3 Å². The first-order valence-electron chi connectivity index (χ1n) is 24.7. The molecule has 4 atom stereocenters. The fourth-order valence-corrected chi connectivity index (χ4v) is 7.24. The van der Waals surface area contributed by atoms with Gasteiger partial charge in [-0.1, -0.05) is 203 Å².